The number of alkyl halides is 3. The van der Waals surface area contributed by atoms with Gasteiger partial charge < -0.3 is 14.8 Å². The van der Waals surface area contributed by atoms with Gasteiger partial charge in [-0.05, 0) is 36.4 Å². The molecule has 0 aliphatic carbocycles. The van der Waals surface area contributed by atoms with E-state index in [1.807, 2.05) is 0 Å². The monoisotopic (exact) mass is 457 g/mol. The topological polar surface area (TPSA) is 64.6 Å². The summed E-state index contributed by atoms with van der Waals surface area (Å²) in [6.45, 7) is 0. The van der Waals surface area contributed by atoms with E-state index >= 15 is 0 Å². The van der Waals surface area contributed by atoms with Gasteiger partial charge >= 0.3 is 12.1 Å². The highest BCUT2D eigenvalue weighted by Crippen LogP contribution is 2.41. The molecule has 5 nitrogen and oxygen atoms in total. The lowest BCUT2D eigenvalue weighted by Crippen LogP contribution is -2.15. The number of carbonyl (C=O) groups is 2. The largest absolute Gasteiger partial charge is 0.465 e. The second-order valence-electron chi connectivity index (χ2n) is 5.97. The summed E-state index contributed by atoms with van der Waals surface area (Å²) in [6, 6.07) is 8.85. The van der Waals surface area contributed by atoms with Crippen LogP contribution in [0.2, 0.25) is 0 Å². The second kappa shape index (κ2) is 8.72. The number of carbonyl (C=O) groups excluding carboxylic acids is 2. The highest BCUT2D eigenvalue weighted by molar-refractivity contribution is 7.14. The standard InChI is InChI=1S/C20H12F5NO4S/c1-29-19(28)17-14(9-15(31-17)20(23,24)25)30-11-7-5-10(6-8-11)26-18(27)16-12(21)3-2-4-13(16)22/h2-9H,1H3,(H,26,27). The molecule has 0 saturated heterocycles. The van der Waals surface area contributed by atoms with Gasteiger partial charge in [0.2, 0.25) is 0 Å². The average Bonchev–Trinajstić information content (AvgIpc) is 3.13. The van der Waals surface area contributed by atoms with Gasteiger partial charge in [0.25, 0.3) is 5.91 Å². The fourth-order valence-corrected chi connectivity index (χ4v) is 3.34. The number of rotatable bonds is 5. The minimum Gasteiger partial charge on any atom is -0.465 e. The summed E-state index contributed by atoms with van der Waals surface area (Å²) < 4.78 is 76.1. The van der Waals surface area contributed by atoms with Gasteiger partial charge in [-0.1, -0.05) is 6.07 Å². The maximum Gasteiger partial charge on any atom is 0.425 e. The van der Waals surface area contributed by atoms with Gasteiger partial charge in [0.05, 0.1) is 7.11 Å². The second-order valence-corrected chi connectivity index (χ2v) is 7.02. The van der Waals surface area contributed by atoms with Crippen LogP contribution in [-0.4, -0.2) is 19.0 Å². The Kier molecular flexibility index (Phi) is 6.25. The van der Waals surface area contributed by atoms with Crippen LogP contribution in [0.3, 0.4) is 0 Å². The van der Waals surface area contributed by atoms with E-state index in [9.17, 15) is 31.5 Å². The van der Waals surface area contributed by atoms with Crippen LogP contribution in [-0.2, 0) is 10.9 Å². The minimum absolute atomic E-state index is 0.0479. The maximum absolute atomic E-state index is 13.7. The van der Waals surface area contributed by atoms with Gasteiger partial charge in [0.15, 0.2) is 10.6 Å². The Morgan fingerprint density at radius 2 is 1.61 bits per heavy atom. The lowest BCUT2D eigenvalue weighted by atomic mass is 10.1. The summed E-state index contributed by atoms with van der Waals surface area (Å²) in [7, 11) is 1.02. The Morgan fingerprint density at radius 1 is 1.00 bits per heavy atom. The molecule has 11 heteroatoms. The average molecular weight is 457 g/mol. The van der Waals surface area contributed by atoms with Crippen molar-refractivity contribution in [2.24, 2.45) is 0 Å². The SMILES string of the molecule is COC(=O)c1sc(C(F)(F)F)cc1Oc1ccc(NC(=O)c2c(F)cccc2F)cc1. The van der Waals surface area contributed by atoms with Crippen molar-refractivity contribution >= 4 is 28.9 Å². The third-order valence-corrected chi connectivity index (χ3v) is 5.02. The summed E-state index contributed by atoms with van der Waals surface area (Å²) >= 11 is 0.178. The first kappa shape index (κ1) is 22.2. The molecule has 0 saturated carbocycles. The highest BCUT2D eigenvalue weighted by Gasteiger charge is 2.36. The number of hydrogen-bond acceptors (Lipinski definition) is 5. The predicted molar refractivity (Wildman–Crippen MR) is 101 cm³/mol. The van der Waals surface area contributed by atoms with Crippen molar-refractivity contribution in [2.75, 3.05) is 12.4 Å². The van der Waals surface area contributed by atoms with Crippen LogP contribution in [0.4, 0.5) is 27.6 Å². The van der Waals surface area contributed by atoms with Crippen LogP contribution in [0, 0.1) is 11.6 Å². The van der Waals surface area contributed by atoms with E-state index in [-0.39, 0.29) is 33.4 Å². The van der Waals surface area contributed by atoms with E-state index in [1.54, 1.807) is 0 Å². The molecule has 0 unspecified atom stereocenters. The van der Waals surface area contributed by atoms with Crippen molar-refractivity contribution in [2.45, 2.75) is 6.18 Å². The first-order valence-electron chi connectivity index (χ1n) is 8.42. The van der Waals surface area contributed by atoms with Crippen LogP contribution in [0.5, 0.6) is 11.5 Å². The molecule has 0 aliphatic heterocycles. The molecule has 1 heterocycles. The molecule has 162 valence electrons. The van der Waals surface area contributed by atoms with Crippen LogP contribution < -0.4 is 10.1 Å². The quantitative estimate of drug-likeness (QED) is 0.384. The molecule has 0 aliphatic rings. The molecular formula is C20H12F5NO4S. The van der Waals surface area contributed by atoms with Gasteiger partial charge in [-0.2, -0.15) is 13.2 Å². The van der Waals surface area contributed by atoms with Crippen LogP contribution in [0.15, 0.2) is 48.5 Å². The van der Waals surface area contributed by atoms with Gasteiger partial charge in [-0.15, -0.1) is 11.3 Å². The molecule has 31 heavy (non-hydrogen) atoms. The summed E-state index contributed by atoms with van der Waals surface area (Å²) in [5.41, 5.74) is -0.613. The molecule has 2 aromatic carbocycles. The third kappa shape index (κ3) is 5.00. The number of halogens is 5. The molecule has 1 amide bonds. The zero-order valence-electron chi connectivity index (χ0n) is 15.5. The third-order valence-electron chi connectivity index (χ3n) is 3.88. The van der Waals surface area contributed by atoms with Gasteiger partial charge in [-0.3, -0.25) is 4.79 Å². The number of thiophene rings is 1. The molecule has 0 radical (unpaired) electrons. The number of esters is 1. The molecule has 3 aromatic rings. The van der Waals surface area contributed by atoms with Crippen molar-refractivity contribution in [3.8, 4) is 11.5 Å². The van der Waals surface area contributed by atoms with E-state index in [0.29, 0.717) is 6.07 Å². The molecule has 0 atom stereocenters. The van der Waals surface area contributed by atoms with E-state index in [2.05, 4.69) is 10.1 Å². The van der Waals surface area contributed by atoms with Crippen molar-refractivity contribution in [1.82, 2.24) is 0 Å². The maximum atomic E-state index is 13.7. The Balaban J connectivity index is 1.79. The number of anilines is 1. The van der Waals surface area contributed by atoms with E-state index in [0.717, 1.165) is 25.3 Å². The number of ether oxygens (including phenoxy) is 2. The van der Waals surface area contributed by atoms with Crippen LogP contribution in [0.25, 0.3) is 0 Å². The lowest BCUT2D eigenvalue weighted by molar-refractivity contribution is -0.134. The Labute approximate surface area is 176 Å². The number of nitrogens with one attached hydrogen (secondary N) is 1. The molecule has 0 fully saturated rings. The molecule has 3 rings (SSSR count). The zero-order chi connectivity index (χ0) is 22.8. The molecular weight excluding hydrogens is 445 g/mol. The van der Waals surface area contributed by atoms with Crippen LogP contribution >= 0.6 is 11.3 Å². The smallest absolute Gasteiger partial charge is 0.425 e. The van der Waals surface area contributed by atoms with E-state index in [1.165, 1.54) is 24.3 Å². The fourth-order valence-electron chi connectivity index (χ4n) is 2.47. The number of benzene rings is 2. The summed E-state index contributed by atoms with van der Waals surface area (Å²) in [4.78, 5) is 22.4. The number of amides is 1. The van der Waals surface area contributed by atoms with Gasteiger partial charge in [-0.25, -0.2) is 13.6 Å². The van der Waals surface area contributed by atoms with Crippen molar-refractivity contribution in [1.29, 1.82) is 0 Å². The van der Waals surface area contributed by atoms with Crippen molar-refractivity contribution in [3.63, 3.8) is 0 Å². The number of methoxy groups -OCH3 is 1. The summed E-state index contributed by atoms with van der Waals surface area (Å²) in [5, 5.41) is 2.30. The summed E-state index contributed by atoms with van der Waals surface area (Å²) in [5.74, 6) is -4.39. The Hall–Kier alpha value is -3.47. The highest BCUT2D eigenvalue weighted by atomic mass is 32.1. The first-order valence-corrected chi connectivity index (χ1v) is 9.24. The van der Waals surface area contributed by atoms with Gasteiger partial charge in [0.1, 0.15) is 27.8 Å². The zero-order valence-corrected chi connectivity index (χ0v) is 16.4. The predicted octanol–water partition coefficient (Wildman–Crippen LogP) is 5.88. The molecule has 1 aromatic heterocycles. The van der Waals surface area contributed by atoms with Crippen molar-refractivity contribution in [3.05, 3.63) is 75.5 Å². The van der Waals surface area contributed by atoms with Crippen LogP contribution in [0.1, 0.15) is 24.9 Å². The Bertz CT molecular complexity index is 1110. The first-order chi connectivity index (χ1) is 14.6. The summed E-state index contributed by atoms with van der Waals surface area (Å²) in [6.07, 6.45) is -4.68. The minimum atomic E-state index is -4.68. The van der Waals surface area contributed by atoms with Crippen molar-refractivity contribution < 1.29 is 41.0 Å². The molecule has 0 spiro atoms. The number of hydrogen-bond donors (Lipinski definition) is 1. The molecule has 0 bridgehead atoms. The van der Waals surface area contributed by atoms with E-state index < -0.39 is 40.1 Å². The van der Waals surface area contributed by atoms with Gasteiger partial charge in [0, 0.05) is 11.8 Å². The Morgan fingerprint density at radius 3 is 2.16 bits per heavy atom. The molecule has 1 N–H and O–H groups in total. The lowest BCUT2D eigenvalue weighted by Gasteiger charge is -2.09. The normalized spacial score (nSPS) is 11.2. The van der Waals surface area contributed by atoms with E-state index in [4.69, 9.17) is 4.74 Å². The fraction of sp³-hybridized carbons (Fsp3) is 0.100.